The third-order valence-electron chi connectivity index (χ3n) is 3.10. The number of phenolic OH excluding ortho intramolecular Hbond substituents is 3. The van der Waals surface area contributed by atoms with Gasteiger partial charge in [0.1, 0.15) is 28.6 Å². The molecule has 0 bridgehead atoms. The minimum absolute atomic E-state index is 0.269. The molecule has 0 spiro atoms. The Kier molecular flexibility index (Phi) is 5.26. The van der Waals surface area contributed by atoms with Gasteiger partial charge in [-0.1, -0.05) is 0 Å². The SMILES string of the molecule is CCOC(=O)c1ccc(OCC(=O)c2c(O)cc(O)cc2O)cc1. The average Bonchev–Trinajstić information content (AvgIpc) is 2.52. The Morgan fingerprint density at radius 3 is 2.12 bits per heavy atom. The van der Waals surface area contributed by atoms with E-state index in [0.717, 1.165) is 12.1 Å². The molecule has 0 saturated carbocycles. The molecule has 2 aromatic rings. The Morgan fingerprint density at radius 2 is 1.58 bits per heavy atom. The van der Waals surface area contributed by atoms with Crippen LogP contribution in [0.2, 0.25) is 0 Å². The normalized spacial score (nSPS) is 10.2. The Bertz CT molecular complexity index is 727. The highest BCUT2D eigenvalue weighted by molar-refractivity contribution is 6.02. The van der Waals surface area contributed by atoms with Crippen molar-refractivity contribution in [2.24, 2.45) is 0 Å². The van der Waals surface area contributed by atoms with E-state index in [1.807, 2.05) is 0 Å². The largest absolute Gasteiger partial charge is 0.508 e. The lowest BCUT2D eigenvalue weighted by Gasteiger charge is -2.09. The summed E-state index contributed by atoms with van der Waals surface area (Å²) in [5.41, 5.74) is 0.0142. The second kappa shape index (κ2) is 7.36. The Morgan fingerprint density at radius 1 is 1.00 bits per heavy atom. The van der Waals surface area contributed by atoms with Crippen LogP contribution in [-0.2, 0) is 4.74 Å². The van der Waals surface area contributed by atoms with Crippen molar-refractivity contribution >= 4 is 11.8 Å². The van der Waals surface area contributed by atoms with Crippen LogP contribution in [-0.4, -0.2) is 40.3 Å². The van der Waals surface area contributed by atoms with Crippen molar-refractivity contribution < 1.29 is 34.4 Å². The van der Waals surface area contributed by atoms with Crippen molar-refractivity contribution in [2.75, 3.05) is 13.2 Å². The van der Waals surface area contributed by atoms with Crippen LogP contribution in [0.5, 0.6) is 23.0 Å². The summed E-state index contributed by atoms with van der Waals surface area (Å²) in [7, 11) is 0. The van der Waals surface area contributed by atoms with E-state index in [2.05, 4.69) is 0 Å². The van der Waals surface area contributed by atoms with E-state index >= 15 is 0 Å². The topological polar surface area (TPSA) is 113 Å². The highest BCUT2D eigenvalue weighted by Crippen LogP contribution is 2.32. The lowest BCUT2D eigenvalue weighted by atomic mass is 10.1. The fourth-order valence-electron chi connectivity index (χ4n) is 2.01. The van der Waals surface area contributed by atoms with E-state index in [9.17, 15) is 24.9 Å². The first-order valence-electron chi connectivity index (χ1n) is 7.10. The van der Waals surface area contributed by atoms with Crippen LogP contribution < -0.4 is 4.74 Å². The third-order valence-corrected chi connectivity index (χ3v) is 3.10. The fourth-order valence-corrected chi connectivity index (χ4v) is 2.01. The maximum absolute atomic E-state index is 12.0. The first-order valence-corrected chi connectivity index (χ1v) is 7.10. The molecule has 0 aliphatic heterocycles. The van der Waals surface area contributed by atoms with E-state index in [0.29, 0.717) is 11.3 Å². The van der Waals surface area contributed by atoms with Crippen molar-refractivity contribution in [2.45, 2.75) is 6.92 Å². The Hall–Kier alpha value is -3.22. The van der Waals surface area contributed by atoms with Gasteiger partial charge < -0.3 is 24.8 Å². The predicted molar refractivity (Wildman–Crippen MR) is 83.7 cm³/mol. The molecule has 0 aliphatic carbocycles. The number of phenols is 3. The van der Waals surface area contributed by atoms with E-state index < -0.39 is 29.9 Å². The zero-order chi connectivity index (χ0) is 17.7. The lowest BCUT2D eigenvalue weighted by Crippen LogP contribution is -2.12. The number of ether oxygens (including phenoxy) is 2. The average molecular weight is 332 g/mol. The molecular weight excluding hydrogens is 316 g/mol. The van der Waals surface area contributed by atoms with Gasteiger partial charge in [0, 0.05) is 12.1 Å². The third kappa shape index (κ3) is 3.95. The number of hydrogen-bond acceptors (Lipinski definition) is 7. The number of Topliss-reactive ketones (excluding diaryl/α,β-unsaturated/α-hetero) is 1. The monoisotopic (exact) mass is 332 g/mol. The van der Waals surface area contributed by atoms with Gasteiger partial charge in [0.15, 0.2) is 6.61 Å². The minimum atomic E-state index is -0.667. The summed E-state index contributed by atoms with van der Waals surface area (Å²) in [5, 5.41) is 28.5. The number of esters is 1. The van der Waals surface area contributed by atoms with Crippen LogP contribution in [0, 0.1) is 0 Å². The van der Waals surface area contributed by atoms with Crippen LogP contribution in [0.4, 0.5) is 0 Å². The van der Waals surface area contributed by atoms with Crippen molar-refractivity contribution in [1.82, 2.24) is 0 Å². The number of aromatic hydroxyl groups is 3. The molecule has 24 heavy (non-hydrogen) atoms. The van der Waals surface area contributed by atoms with E-state index in [-0.39, 0.29) is 17.9 Å². The van der Waals surface area contributed by atoms with E-state index in [4.69, 9.17) is 9.47 Å². The predicted octanol–water partition coefficient (Wildman–Crippen LogP) is 2.24. The van der Waals surface area contributed by atoms with Gasteiger partial charge in [-0.05, 0) is 31.2 Å². The first-order chi connectivity index (χ1) is 11.4. The summed E-state index contributed by atoms with van der Waals surface area (Å²) in [6.07, 6.45) is 0. The van der Waals surface area contributed by atoms with Crippen LogP contribution in [0.3, 0.4) is 0 Å². The second-order valence-electron chi connectivity index (χ2n) is 4.82. The van der Waals surface area contributed by atoms with Gasteiger partial charge in [-0.25, -0.2) is 4.79 Å². The molecule has 0 amide bonds. The molecule has 0 aromatic heterocycles. The lowest BCUT2D eigenvalue weighted by molar-refractivity contribution is 0.0526. The zero-order valence-electron chi connectivity index (χ0n) is 12.9. The molecular formula is C17H16O7. The van der Waals surface area contributed by atoms with Crippen LogP contribution >= 0.6 is 0 Å². The summed E-state index contributed by atoms with van der Waals surface area (Å²) >= 11 is 0. The molecule has 0 saturated heterocycles. The van der Waals surface area contributed by atoms with Gasteiger partial charge >= 0.3 is 5.97 Å². The van der Waals surface area contributed by atoms with Crippen LogP contribution in [0.25, 0.3) is 0 Å². The molecule has 7 heteroatoms. The summed E-state index contributed by atoms with van der Waals surface area (Å²) in [4.78, 5) is 23.5. The molecule has 2 aromatic carbocycles. The Labute approximate surface area is 137 Å². The highest BCUT2D eigenvalue weighted by atomic mass is 16.5. The van der Waals surface area contributed by atoms with Gasteiger partial charge in [0.2, 0.25) is 5.78 Å². The summed E-state index contributed by atoms with van der Waals surface area (Å²) in [5.74, 6) is -2.25. The number of ketones is 1. The molecule has 0 fully saturated rings. The van der Waals surface area contributed by atoms with Crippen molar-refractivity contribution in [3.8, 4) is 23.0 Å². The second-order valence-corrected chi connectivity index (χ2v) is 4.82. The van der Waals surface area contributed by atoms with Gasteiger partial charge in [0.25, 0.3) is 0 Å². The summed E-state index contributed by atoms with van der Waals surface area (Å²) < 4.78 is 10.1. The number of rotatable bonds is 6. The molecule has 0 radical (unpaired) electrons. The summed E-state index contributed by atoms with van der Waals surface area (Å²) in [6.45, 7) is 1.53. The highest BCUT2D eigenvalue weighted by Gasteiger charge is 2.18. The number of carbonyl (C=O) groups excluding carboxylic acids is 2. The zero-order valence-corrected chi connectivity index (χ0v) is 12.9. The van der Waals surface area contributed by atoms with Crippen molar-refractivity contribution in [3.05, 3.63) is 47.5 Å². The summed E-state index contributed by atoms with van der Waals surface area (Å²) in [6, 6.07) is 7.87. The first kappa shape index (κ1) is 17.1. The van der Waals surface area contributed by atoms with Crippen molar-refractivity contribution in [3.63, 3.8) is 0 Å². The van der Waals surface area contributed by atoms with Gasteiger partial charge in [-0.3, -0.25) is 4.79 Å². The van der Waals surface area contributed by atoms with Gasteiger partial charge in [-0.2, -0.15) is 0 Å². The van der Waals surface area contributed by atoms with Crippen molar-refractivity contribution in [1.29, 1.82) is 0 Å². The van der Waals surface area contributed by atoms with Gasteiger partial charge in [-0.15, -0.1) is 0 Å². The van der Waals surface area contributed by atoms with E-state index in [1.165, 1.54) is 24.3 Å². The van der Waals surface area contributed by atoms with Crippen LogP contribution in [0.15, 0.2) is 36.4 Å². The smallest absolute Gasteiger partial charge is 0.338 e. The molecule has 126 valence electrons. The minimum Gasteiger partial charge on any atom is -0.508 e. The number of hydrogen-bond donors (Lipinski definition) is 3. The molecule has 0 heterocycles. The molecule has 7 nitrogen and oxygen atoms in total. The number of carbonyl (C=O) groups is 2. The fraction of sp³-hybridized carbons (Fsp3) is 0.176. The Balaban J connectivity index is 2.03. The van der Waals surface area contributed by atoms with E-state index in [1.54, 1.807) is 6.92 Å². The quantitative estimate of drug-likeness (QED) is 0.549. The maximum atomic E-state index is 12.0. The molecule has 0 atom stereocenters. The molecule has 2 rings (SSSR count). The van der Waals surface area contributed by atoms with Crippen LogP contribution in [0.1, 0.15) is 27.6 Å². The molecule has 0 unspecified atom stereocenters. The molecule has 0 aliphatic rings. The standard InChI is InChI=1S/C17H16O7/c1-2-23-17(22)10-3-5-12(6-4-10)24-9-15(21)16-13(19)7-11(18)8-14(16)20/h3-8,18-20H,2,9H2,1H3. The maximum Gasteiger partial charge on any atom is 0.338 e. The number of benzene rings is 2. The molecule has 3 N–H and O–H groups in total. The van der Waals surface area contributed by atoms with Gasteiger partial charge in [0.05, 0.1) is 12.2 Å².